The zero-order chi connectivity index (χ0) is 12.8. The molecule has 0 spiro atoms. The molecule has 0 amide bonds. The van der Waals surface area contributed by atoms with Gasteiger partial charge in [0.25, 0.3) is 0 Å². The van der Waals surface area contributed by atoms with Crippen molar-refractivity contribution in [1.29, 1.82) is 0 Å². The van der Waals surface area contributed by atoms with Crippen molar-refractivity contribution >= 4 is 5.84 Å². The van der Waals surface area contributed by atoms with E-state index < -0.39 is 0 Å². The average molecular weight is 229 g/mol. The Kier molecular flexibility index (Phi) is 6.41. The molecule has 0 aromatic heterocycles. The molecule has 0 aliphatic carbocycles. The first-order valence-corrected chi connectivity index (χ1v) is 5.99. The van der Waals surface area contributed by atoms with E-state index >= 15 is 0 Å². The second kappa shape index (κ2) is 6.74. The second-order valence-corrected chi connectivity index (χ2v) is 5.40. The largest absolute Gasteiger partial charge is 0.409 e. The molecule has 0 saturated heterocycles. The van der Waals surface area contributed by atoms with Crippen LogP contribution in [0, 0.1) is 5.41 Å². The predicted molar refractivity (Wildman–Crippen MR) is 68.8 cm³/mol. The van der Waals surface area contributed by atoms with Gasteiger partial charge in [-0.05, 0) is 40.3 Å². The molecule has 0 heterocycles. The Morgan fingerprint density at radius 2 is 1.94 bits per heavy atom. The Bertz CT molecular complexity index is 224. The zero-order valence-electron chi connectivity index (χ0n) is 11.3. The summed E-state index contributed by atoms with van der Waals surface area (Å²) in [4.78, 5) is 2.33. The van der Waals surface area contributed by atoms with E-state index in [1.165, 1.54) is 0 Å². The Hall–Kier alpha value is -0.770. The predicted octanol–water partition coefficient (Wildman–Crippen LogP) is 2.27. The van der Waals surface area contributed by atoms with Crippen molar-refractivity contribution in [1.82, 2.24) is 4.90 Å². The van der Waals surface area contributed by atoms with Crippen LogP contribution in [0.5, 0.6) is 0 Å². The second-order valence-electron chi connectivity index (χ2n) is 5.40. The van der Waals surface area contributed by atoms with Gasteiger partial charge in [0.05, 0.1) is 0 Å². The van der Waals surface area contributed by atoms with Crippen molar-refractivity contribution in [2.75, 3.05) is 13.6 Å². The first-order chi connectivity index (χ1) is 7.31. The molecular formula is C12H27N3O. The summed E-state index contributed by atoms with van der Waals surface area (Å²) < 4.78 is 0. The molecule has 0 fully saturated rings. The van der Waals surface area contributed by atoms with Crippen LogP contribution in [0.1, 0.15) is 47.0 Å². The van der Waals surface area contributed by atoms with E-state index in [9.17, 15) is 0 Å². The molecule has 4 heteroatoms. The summed E-state index contributed by atoms with van der Waals surface area (Å²) in [6, 6.07) is 0.595. The molecule has 0 unspecified atom stereocenters. The summed E-state index contributed by atoms with van der Waals surface area (Å²) in [6.45, 7) is 9.51. The van der Waals surface area contributed by atoms with Crippen LogP contribution in [0.3, 0.4) is 0 Å². The topological polar surface area (TPSA) is 61.8 Å². The fourth-order valence-corrected chi connectivity index (χ4v) is 1.45. The number of nitrogens with two attached hydrogens (primary N) is 1. The Morgan fingerprint density at radius 1 is 1.38 bits per heavy atom. The van der Waals surface area contributed by atoms with E-state index in [1.807, 2.05) is 13.8 Å². The number of hydrogen-bond acceptors (Lipinski definition) is 3. The molecule has 0 aromatic rings. The van der Waals surface area contributed by atoms with Gasteiger partial charge in [-0.15, -0.1) is 0 Å². The van der Waals surface area contributed by atoms with Gasteiger partial charge < -0.3 is 15.8 Å². The molecule has 0 aromatic carbocycles. The number of hydrogen-bond donors (Lipinski definition) is 2. The van der Waals surface area contributed by atoms with Crippen LogP contribution in [0.2, 0.25) is 0 Å². The van der Waals surface area contributed by atoms with Gasteiger partial charge in [0.15, 0.2) is 0 Å². The van der Waals surface area contributed by atoms with Crippen molar-refractivity contribution in [3.8, 4) is 0 Å². The number of rotatable bonds is 7. The molecule has 0 radical (unpaired) electrons. The lowest BCUT2D eigenvalue weighted by Crippen LogP contribution is -2.32. The van der Waals surface area contributed by atoms with Crippen LogP contribution in [0.25, 0.3) is 0 Å². The lowest BCUT2D eigenvalue weighted by molar-refractivity contribution is 0.261. The molecule has 96 valence electrons. The summed E-state index contributed by atoms with van der Waals surface area (Å²) in [5, 5.41) is 11.7. The van der Waals surface area contributed by atoms with Gasteiger partial charge in [-0.1, -0.05) is 25.4 Å². The number of nitrogens with zero attached hydrogens (tertiary/aromatic N) is 2. The maximum absolute atomic E-state index is 8.64. The van der Waals surface area contributed by atoms with Crippen molar-refractivity contribution in [2.24, 2.45) is 16.3 Å². The van der Waals surface area contributed by atoms with Gasteiger partial charge in [0.1, 0.15) is 5.84 Å². The SMILES string of the molecule is CC(C)N(C)CCCCC(C)(C)C(N)=NO. The molecule has 3 N–H and O–H groups in total. The number of amidine groups is 1. The normalized spacial score (nSPS) is 13.8. The maximum Gasteiger partial charge on any atom is 0.144 e. The number of unbranched alkanes of at least 4 members (excludes halogenated alkanes) is 1. The summed E-state index contributed by atoms with van der Waals surface area (Å²) in [6.07, 6.45) is 3.20. The fraction of sp³-hybridized carbons (Fsp3) is 0.917. The number of oxime groups is 1. The summed E-state index contributed by atoms with van der Waals surface area (Å²) in [5.74, 6) is 0.324. The Labute approximate surface area is 99.5 Å². The van der Waals surface area contributed by atoms with Gasteiger partial charge >= 0.3 is 0 Å². The highest BCUT2D eigenvalue weighted by molar-refractivity contribution is 5.85. The van der Waals surface area contributed by atoms with E-state index in [4.69, 9.17) is 10.9 Å². The molecule has 0 aliphatic heterocycles. The van der Waals surface area contributed by atoms with E-state index in [0.717, 1.165) is 25.8 Å². The maximum atomic E-state index is 8.64. The van der Waals surface area contributed by atoms with Crippen molar-refractivity contribution < 1.29 is 5.21 Å². The lowest BCUT2D eigenvalue weighted by atomic mass is 9.86. The summed E-state index contributed by atoms with van der Waals surface area (Å²) in [5.41, 5.74) is 5.43. The average Bonchev–Trinajstić information content (AvgIpc) is 2.22. The van der Waals surface area contributed by atoms with Crippen LogP contribution in [0.15, 0.2) is 5.16 Å². The summed E-state index contributed by atoms with van der Waals surface area (Å²) >= 11 is 0. The zero-order valence-corrected chi connectivity index (χ0v) is 11.3. The van der Waals surface area contributed by atoms with Crippen molar-refractivity contribution in [3.63, 3.8) is 0 Å². The van der Waals surface area contributed by atoms with E-state index in [-0.39, 0.29) is 5.41 Å². The molecule has 0 rings (SSSR count). The van der Waals surface area contributed by atoms with Gasteiger partial charge in [-0.3, -0.25) is 0 Å². The van der Waals surface area contributed by atoms with Crippen LogP contribution in [-0.4, -0.2) is 35.6 Å². The lowest BCUT2D eigenvalue weighted by Gasteiger charge is -2.24. The van der Waals surface area contributed by atoms with E-state index in [2.05, 4.69) is 31.0 Å². The first-order valence-electron chi connectivity index (χ1n) is 5.99. The molecule has 0 aliphatic rings. The minimum atomic E-state index is -0.203. The Morgan fingerprint density at radius 3 is 2.38 bits per heavy atom. The highest BCUT2D eigenvalue weighted by Gasteiger charge is 2.22. The first kappa shape index (κ1) is 15.2. The van der Waals surface area contributed by atoms with Crippen molar-refractivity contribution in [2.45, 2.75) is 53.0 Å². The van der Waals surface area contributed by atoms with Crippen molar-refractivity contribution in [3.05, 3.63) is 0 Å². The Balaban J connectivity index is 3.82. The monoisotopic (exact) mass is 229 g/mol. The highest BCUT2D eigenvalue weighted by atomic mass is 16.4. The minimum Gasteiger partial charge on any atom is -0.409 e. The smallest absolute Gasteiger partial charge is 0.144 e. The van der Waals surface area contributed by atoms with Gasteiger partial charge in [0.2, 0.25) is 0 Å². The third kappa shape index (κ3) is 5.35. The third-order valence-corrected chi connectivity index (χ3v) is 3.25. The quantitative estimate of drug-likeness (QED) is 0.231. The van der Waals surface area contributed by atoms with Crippen LogP contribution >= 0.6 is 0 Å². The van der Waals surface area contributed by atoms with E-state index in [1.54, 1.807) is 0 Å². The minimum absolute atomic E-state index is 0.203. The molecular weight excluding hydrogens is 202 g/mol. The third-order valence-electron chi connectivity index (χ3n) is 3.25. The van der Waals surface area contributed by atoms with Crippen LogP contribution in [0.4, 0.5) is 0 Å². The van der Waals surface area contributed by atoms with Gasteiger partial charge in [-0.25, -0.2) is 0 Å². The standard InChI is InChI=1S/C12H27N3O/c1-10(2)15(5)9-7-6-8-12(3,4)11(13)14-16/h10,16H,6-9H2,1-5H3,(H2,13,14). The molecule has 0 atom stereocenters. The summed E-state index contributed by atoms with van der Waals surface area (Å²) in [7, 11) is 2.14. The van der Waals surface area contributed by atoms with E-state index in [0.29, 0.717) is 11.9 Å². The van der Waals surface area contributed by atoms with Gasteiger partial charge in [-0.2, -0.15) is 0 Å². The van der Waals surface area contributed by atoms with Crippen LogP contribution in [-0.2, 0) is 0 Å². The van der Waals surface area contributed by atoms with Crippen LogP contribution < -0.4 is 5.73 Å². The molecule has 16 heavy (non-hydrogen) atoms. The van der Waals surface area contributed by atoms with Gasteiger partial charge in [0, 0.05) is 11.5 Å². The molecule has 0 bridgehead atoms. The molecule has 0 saturated carbocycles. The molecule has 4 nitrogen and oxygen atoms in total. The fourth-order valence-electron chi connectivity index (χ4n) is 1.45. The highest BCUT2D eigenvalue weighted by Crippen LogP contribution is 2.23.